The van der Waals surface area contributed by atoms with Gasteiger partial charge in [0, 0.05) is 7.05 Å². The van der Waals surface area contributed by atoms with E-state index in [1.54, 1.807) is 29.8 Å². The summed E-state index contributed by atoms with van der Waals surface area (Å²) in [5.41, 5.74) is -3.67. The van der Waals surface area contributed by atoms with Gasteiger partial charge in [-0.15, -0.1) is 0 Å². The first-order valence-electron chi connectivity index (χ1n) is 11.3. The number of hydrogen-bond donors (Lipinski definition) is 0. The minimum atomic E-state index is -4.92. The van der Waals surface area contributed by atoms with Crippen molar-refractivity contribution in [2.45, 2.75) is 31.5 Å². The fourth-order valence-electron chi connectivity index (χ4n) is 4.33. The lowest BCUT2D eigenvalue weighted by Crippen LogP contribution is -2.39. The van der Waals surface area contributed by atoms with Crippen molar-refractivity contribution in [3.05, 3.63) is 107 Å². The molecule has 0 aliphatic heterocycles. The minimum Gasteiger partial charge on any atom is -0.363 e. The zero-order chi connectivity index (χ0) is 27.7. The van der Waals surface area contributed by atoms with Crippen molar-refractivity contribution < 1.29 is 35.5 Å². The largest absolute Gasteiger partial charge is 0.419 e. The molecule has 0 radical (unpaired) electrons. The van der Waals surface area contributed by atoms with Gasteiger partial charge in [0.15, 0.2) is 5.41 Å². The summed E-state index contributed by atoms with van der Waals surface area (Å²) >= 11 is 0. The van der Waals surface area contributed by atoms with Gasteiger partial charge in [0.25, 0.3) is 0 Å². The molecule has 2 atom stereocenters. The first-order chi connectivity index (χ1) is 17.9. The smallest absolute Gasteiger partial charge is 0.363 e. The highest BCUT2D eigenvalue weighted by atomic mass is 19.4. The number of allylic oxidation sites excluding steroid dienone is 2. The molecule has 38 heavy (non-hydrogen) atoms. The molecule has 3 aromatic rings. The van der Waals surface area contributed by atoms with Crippen LogP contribution in [0.4, 0.5) is 30.7 Å². The predicted octanol–water partition coefficient (Wildman–Crippen LogP) is 7.32. The van der Waals surface area contributed by atoms with E-state index >= 15 is 0 Å². The van der Waals surface area contributed by atoms with Crippen LogP contribution >= 0.6 is 0 Å². The van der Waals surface area contributed by atoms with E-state index in [4.69, 9.17) is 4.74 Å². The van der Waals surface area contributed by atoms with Crippen molar-refractivity contribution in [3.63, 3.8) is 0 Å². The molecular formula is C27H20F7N3O. The van der Waals surface area contributed by atoms with Crippen molar-refractivity contribution in [1.29, 1.82) is 5.26 Å². The topological polar surface area (TPSA) is 50.8 Å². The molecule has 0 saturated heterocycles. The van der Waals surface area contributed by atoms with E-state index in [2.05, 4.69) is 4.98 Å². The van der Waals surface area contributed by atoms with Crippen LogP contribution < -0.4 is 0 Å². The lowest BCUT2D eigenvalue weighted by molar-refractivity contribution is -0.182. The minimum absolute atomic E-state index is 0.0104. The molecule has 0 spiro atoms. The number of hydrogen-bond acceptors (Lipinski definition) is 3. The maximum Gasteiger partial charge on any atom is 0.419 e. The molecule has 0 amide bonds. The Hall–Kier alpha value is -3.91. The van der Waals surface area contributed by atoms with Gasteiger partial charge >= 0.3 is 12.4 Å². The van der Waals surface area contributed by atoms with Crippen LogP contribution in [0.1, 0.15) is 34.9 Å². The van der Waals surface area contributed by atoms with Crippen LogP contribution in [0, 0.1) is 22.6 Å². The standard InChI is InChI=1S/C27H20F7N3O/c1-37-16-36-13-23(37)24(38-14-17-7-8-22(28)21(11-17)26(29,30)31)19-9-10-25(15-35,27(32,33)34)20(12-19)18-5-3-2-4-6-18/h2-9,11-13,16,24H,10,14H2,1H3. The molecule has 1 heterocycles. The first-order valence-corrected chi connectivity index (χ1v) is 11.3. The molecule has 2 unspecified atom stereocenters. The maximum absolute atomic E-state index is 14.3. The van der Waals surface area contributed by atoms with Crippen LogP contribution in [0.5, 0.6) is 0 Å². The summed E-state index contributed by atoms with van der Waals surface area (Å²) in [6.07, 6.45) is -6.23. The average molecular weight is 535 g/mol. The lowest BCUT2D eigenvalue weighted by atomic mass is 9.70. The van der Waals surface area contributed by atoms with Gasteiger partial charge in [0.2, 0.25) is 0 Å². The third-order valence-corrected chi connectivity index (χ3v) is 6.35. The number of aromatic nitrogens is 2. The van der Waals surface area contributed by atoms with Crippen molar-refractivity contribution in [1.82, 2.24) is 9.55 Å². The van der Waals surface area contributed by atoms with Crippen molar-refractivity contribution >= 4 is 5.57 Å². The highest BCUT2D eigenvalue weighted by Crippen LogP contribution is 2.54. The number of rotatable bonds is 6. The summed E-state index contributed by atoms with van der Waals surface area (Å²) in [5, 5.41) is 9.72. The number of nitrogens with zero attached hydrogens (tertiary/aromatic N) is 3. The Bertz CT molecular complexity index is 1410. The molecule has 198 valence electrons. The van der Waals surface area contributed by atoms with E-state index in [9.17, 15) is 36.0 Å². The second kappa shape index (κ2) is 10.1. The molecule has 0 saturated carbocycles. The van der Waals surface area contributed by atoms with Crippen molar-refractivity contribution in [2.75, 3.05) is 0 Å². The Labute approximate surface area is 213 Å². The zero-order valence-electron chi connectivity index (χ0n) is 19.8. The fraction of sp³-hybridized carbons (Fsp3) is 0.259. The Morgan fingerprint density at radius 3 is 2.39 bits per heavy atom. The molecule has 4 nitrogen and oxygen atoms in total. The first kappa shape index (κ1) is 27.1. The molecular weight excluding hydrogens is 515 g/mol. The van der Waals surface area contributed by atoms with Gasteiger partial charge in [-0.2, -0.15) is 31.6 Å². The van der Waals surface area contributed by atoms with Gasteiger partial charge in [-0.1, -0.05) is 48.6 Å². The van der Waals surface area contributed by atoms with Crippen LogP contribution in [0.15, 0.2) is 78.8 Å². The molecule has 0 fully saturated rings. The molecule has 1 aromatic heterocycles. The monoisotopic (exact) mass is 535 g/mol. The second-order valence-electron chi connectivity index (χ2n) is 8.78. The quantitative estimate of drug-likeness (QED) is 0.311. The number of aryl methyl sites for hydroxylation is 1. The van der Waals surface area contributed by atoms with Gasteiger partial charge in [-0.25, -0.2) is 9.37 Å². The number of benzene rings is 2. The Morgan fingerprint density at radius 2 is 1.82 bits per heavy atom. The van der Waals surface area contributed by atoms with E-state index in [0.717, 1.165) is 6.07 Å². The zero-order valence-corrected chi connectivity index (χ0v) is 19.8. The van der Waals surface area contributed by atoms with Crippen LogP contribution in [0.3, 0.4) is 0 Å². The summed E-state index contributed by atoms with van der Waals surface area (Å²) < 4.78 is 104. The van der Waals surface area contributed by atoms with E-state index in [1.165, 1.54) is 42.9 Å². The highest BCUT2D eigenvalue weighted by Gasteiger charge is 2.58. The van der Waals surface area contributed by atoms with Crippen molar-refractivity contribution in [3.8, 4) is 6.07 Å². The Balaban J connectivity index is 1.77. The van der Waals surface area contributed by atoms with Crippen LogP contribution in [0.25, 0.3) is 5.57 Å². The number of halogens is 7. The number of nitriles is 1. The molecule has 1 aliphatic rings. The number of imidazole rings is 1. The van der Waals surface area contributed by atoms with Gasteiger partial charge < -0.3 is 9.30 Å². The van der Waals surface area contributed by atoms with E-state index < -0.39 is 48.3 Å². The average Bonchev–Trinajstić information content (AvgIpc) is 3.29. The Morgan fingerprint density at radius 1 is 1.11 bits per heavy atom. The van der Waals surface area contributed by atoms with Gasteiger partial charge in [0.05, 0.1) is 36.5 Å². The van der Waals surface area contributed by atoms with Gasteiger partial charge in [-0.3, -0.25) is 0 Å². The normalized spacial score (nSPS) is 18.9. The summed E-state index contributed by atoms with van der Waals surface area (Å²) in [5.74, 6) is -1.44. The third-order valence-electron chi connectivity index (χ3n) is 6.35. The van der Waals surface area contributed by atoms with E-state index in [-0.39, 0.29) is 22.3 Å². The maximum atomic E-state index is 14.3. The Kier molecular flexibility index (Phi) is 7.21. The summed E-state index contributed by atoms with van der Waals surface area (Å²) in [4.78, 5) is 4.02. The number of alkyl halides is 6. The molecule has 0 bridgehead atoms. The molecule has 4 rings (SSSR count). The number of ether oxygens (including phenoxy) is 1. The third kappa shape index (κ3) is 5.09. The van der Waals surface area contributed by atoms with E-state index in [1.807, 2.05) is 0 Å². The van der Waals surface area contributed by atoms with Crippen LogP contribution in [-0.4, -0.2) is 15.7 Å². The molecule has 2 aromatic carbocycles. The summed E-state index contributed by atoms with van der Waals surface area (Å²) in [7, 11) is 1.62. The molecule has 0 N–H and O–H groups in total. The SMILES string of the molecule is Cn1cncc1C(OCc1ccc(F)c(C(F)(F)F)c1)C1=CCC(C#N)(C(F)(F)F)C(c2ccccc2)=C1. The van der Waals surface area contributed by atoms with Crippen molar-refractivity contribution in [2.24, 2.45) is 12.5 Å². The fourth-order valence-corrected chi connectivity index (χ4v) is 4.33. The second-order valence-corrected chi connectivity index (χ2v) is 8.78. The lowest BCUT2D eigenvalue weighted by Gasteiger charge is -2.35. The van der Waals surface area contributed by atoms with Crippen LogP contribution in [0.2, 0.25) is 0 Å². The van der Waals surface area contributed by atoms with Gasteiger partial charge in [0.1, 0.15) is 11.9 Å². The van der Waals surface area contributed by atoms with Gasteiger partial charge in [-0.05, 0) is 40.8 Å². The van der Waals surface area contributed by atoms with E-state index in [0.29, 0.717) is 17.8 Å². The molecule has 11 heteroatoms. The molecule has 1 aliphatic carbocycles. The summed E-state index contributed by atoms with van der Waals surface area (Å²) in [6.45, 7) is -0.409. The highest BCUT2D eigenvalue weighted by molar-refractivity contribution is 5.78. The summed E-state index contributed by atoms with van der Waals surface area (Å²) in [6, 6.07) is 11.5. The predicted molar refractivity (Wildman–Crippen MR) is 123 cm³/mol. The van der Waals surface area contributed by atoms with Crippen LogP contribution in [-0.2, 0) is 24.6 Å².